The summed E-state index contributed by atoms with van der Waals surface area (Å²) in [5, 5.41) is 2.76. The second-order valence-corrected chi connectivity index (χ2v) is 7.52. The van der Waals surface area contributed by atoms with Gasteiger partial charge in [0.15, 0.2) is 0 Å². The number of para-hydroxylation sites is 2. The lowest BCUT2D eigenvalue weighted by atomic mass is 9.95. The fraction of sp³-hybridized carbons (Fsp3) is 0.318. The van der Waals surface area contributed by atoms with Gasteiger partial charge in [0.25, 0.3) is 0 Å². The third-order valence-corrected chi connectivity index (χ3v) is 5.57. The molecule has 8 heteroatoms. The number of fused-ring (bicyclic) bond motifs is 1. The number of carbonyl (C=O) groups excluding carboxylic acids is 3. The zero-order valence-electron chi connectivity index (χ0n) is 16.5. The smallest absolute Gasteiger partial charge is 0.244 e. The summed E-state index contributed by atoms with van der Waals surface area (Å²) in [6.07, 6.45) is 0.162. The third kappa shape index (κ3) is 4.47. The molecule has 158 valence electrons. The minimum Gasteiger partial charge on any atom is -0.340 e. The Morgan fingerprint density at radius 1 is 0.967 bits per heavy atom. The molecule has 7 nitrogen and oxygen atoms in total. The van der Waals surface area contributed by atoms with Crippen LogP contribution in [0.3, 0.4) is 0 Å². The number of nitrogens with zero attached hydrogens (tertiary/aromatic N) is 2. The van der Waals surface area contributed by atoms with Crippen LogP contribution in [0.4, 0.5) is 11.4 Å². The largest absolute Gasteiger partial charge is 0.340 e. The van der Waals surface area contributed by atoms with E-state index in [-0.39, 0.29) is 61.5 Å². The summed E-state index contributed by atoms with van der Waals surface area (Å²) in [7, 11) is 0. The molecule has 0 aliphatic carbocycles. The van der Waals surface area contributed by atoms with E-state index >= 15 is 0 Å². The van der Waals surface area contributed by atoms with E-state index in [1.165, 1.54) is 4.90 Å². The van der Waals surface area contributed by atoms with E-state index in [4.69, 9.17) is 5.73 Å². The Hall–Kier alpha value is -2.90. The molecule has 1 fully saturated rings. The first kappa shape index (κ1) is 21.8. The molecule has 2 atom stereocenters. The standard InChI is InChI=1S/C22H24N4O3.ClH/c23-17-13-25(12-16(17)15-6-2-1-3-7-15)21(28)10-11-22(29)26-14-20(27)24-18-8-4-5-9-19(18)26;/h1-9,16-17H,10-14,23H2,(H,24,27);1H/t16-,17+;/m0./s1. The number of nitrogens with one attached hydrogen (secondary N) is 1. The molecule has 2 heterocycles. The van der Waals surface area contributed by atoms with Crippen molar-refractivity contribution in [2.45, 2.75) is 24.8 Å². The van der Waals surface area contributed by atoms with E-state index in [1.54, 1.807) is 23.1 Å². The predicted octanol–water partition coefficient (Wildman–Crippen LogP) is 2.13. The van der Waals surface area contributed by atoms with E-state index in [2.05, 4.69) is 5.32 Å². The van der Waals surface area contributed by atoms with Crippen LogP contribution < -0.4 is 16.0 Å². The molecule has 0 saturated carbocycles. The number of carbonyl (C=O) groups is 3. The topological polar surface area (TPSA) is 95.7 Å². The molecule has 0 radical (unpaired) electrons. The molecular formula is C22H25ClN4O3. The van der Waals surface area contributed by atoms with Crippen LogP contribution in [0.5, 0.6) is 0 Å². The number of hydrogen-bond donors (Lipinski definition) is 2. The average Bonchev–Trinajstić information content (AvgIpc) is 3.13. The summed E-state index contributed by atoms with van der Waals surface area (Å²) < 4.78 is 0. The predicted molar refractivity (Wildman–Crippen MR) is 118 cm³/mol. The maximum Gasteiger partial charge on any atom is 0.244 e. The molecule has 2 aliphatic rings. The van der Waals surface area contributed by atoms with Gasteiger partial charge in [-0.15, -0.1) is 12.4 Å². The summed E-state index contributed by atoms with van der Waals surface area (Å²) >= 11 is 0. The van der Waals surface area contributed by atoms with Crippen LogP contribution in [0.25, 0.3) is 0 Å². The molecule has 0 bridgehead atoms. The van der Waals surface area contributed by atoms with Gasteiger partial charge in [-0.3, -0.25) is 14.4 Å². The lowest BCUT2D eigenvalue weighted by Crippen LogP contribution is -2.42. The van der Waals surface area contributed by atoms with E-state index in [0.717, 1.165) is 5.56 Å². The van der Waals surface area contributed by atoms with Crippen LogP contribution in [0.2, 0.25) is 0 Å². The SMILES string of the molecule is Cl.N[C@@H]1CN(C(=O)CCC(=O)N2CC(=O)Nc3ccccc32)C[C@H]1c1ccccc1. The Morgan fingerprint density at radius 3 is 2.40 bits per heavy atom. The summed E-state index contributed by atoms with van der Waals surface area (Å²) in [6, 6.07) is 17.0. The van der Waals surface area contributed by atoms with Crippen LogP contribution in [0, 0.1) is 0 Å². The molecule has 2 aliphatic heterocycles. The molecule has 2 aromatic rings. The van der Waals surface area contributed by atoms with Crippen LogP contribution in [-0.2, 0) is 14.4 Å². The van der Waals surface area contributed by atoms with Gasteiger partial charge in [0.1, 0.15) is 6.54 Å². The number of anilines is 2. The van der Waals surface area contributed by atoms with E-state index < -0.39 is 0 Å². The zero-order chi connectivity index (χ0) is 20.4. The Balaban J connectivity index is 0.00000256. The molecule has 3 N–H and O–H groups in total. The van der Waals surface area contributed by atoms with Crippen molar-refractivity contribution in [3.63, 3.8) is 0 Å². The molecule has 4 rings (SSSR count). The fourth-order valence-corrected chi connectivity index (χ4v) is 4.05. The van der Waals surface area contributed by atoms with Gasteiger partial charge < -0.3 is 20.9 Å². The lowest BCUT2D eigenvalue weighted by molar-refractivity contribution is -0.132. The number of likely N-dealkylation sites (tertiary alicyclic amines) is 1. The minimum atomic E-state index is -0.236. The van der Waals surface area contributed by atoms with Gasteiger partial charge in [-0.2, -0.15) is 0 Å². The highest BCUT2D eigenvalue weighted by atomic mass is 35.5. The van der Waals surface area contributed by atoms with Crippen LogP contribution >= 0.6 is 12.4 Å². The van der Waals surface area contributed by atoms with Crippen molar-refractivity contribution in [1.29, 1.82) is 0 Å². The minimum absolute atomic E-state index is 0. The Labute approximate surface area is 181 Å². The van der Waals surface area contributed by atoms with Gasteiger partial charge in [-0.05, 0) is 17.7 Å². The van der Waals surface area contributed by atoms with Crippen molar-refractivity contribution in [2.75, 3.05) is 29.9 Å². The van der Waals surface area contributed by atoms with Crippen molar-refractivity contribution in [1.82, 2.24) is 4.90 Å². The van der Waals surface area contributed by atoms with Gasteiger partial charge in [0.05, 0.1) is 11.4 Å². The van der Waals surface area contributed by atoms with Gasteiger partial charge in [-0.25, -0.2) is 0 Å². The van der Waals surface area contributed by atoms with Crippen molar-refractivity contribution < 1.29 is 14.4 Å². The Morgan fingerprint density at radius 2 is 1.63 bits per heavy atom. The summed E-state index contributed by atoms with van der Waals surface area (Å²) in [4.78, 5) is 40.5. The summed E-state index contributed by atoms with van der Waals surface area (Å²) in [6.45, 7) is 1.02. The number of rotatable bonds is 4. The van der Waals surface area contributed by atoms with Gasteiger partial charge in [0.2, 0.25) is 17.7 Å². The molecule has 2 aromatic carbocycles. The van der Waals surface area contributed by atoms with Gasteiger partial charge in [-0.1, -0.05) is 42.5 Å². The quantitative estimate of drug-likeness (QED) is 0.779. The number of nitrogens with two attached hydrogens (primary N) is 1. The second-order valence-electron chi connectivity index (χ2n) is 7.52. The molecular weight excluding hydrogens is 404 g/mol. The Bertz CT molecular complexity index is 937. The molecule has 0 spiro atoms. The highest BCUT2D eigenvalue weighted by molar-refractivity contribution is 6.10. The van der Waals surface area contributed by atoms with E-state index in [9.17, 15) is 14.4 Å². The fourth-order valence-electron chi connectivity index (χ4n) is 4.05. The number of benzene rings is 2. The monoisotopic (exact) mass is 428 g/mol. The molecule has 0 aromatic heterocycles. The second kappa shape index (κ2) is 9.28. The molecule has 1 saturated heterocycles. The van der Waals surface area contributed by atoms with Crippen LogP contribution in [0.1, 0.15) is 24.3 Å². The summed E-state index contributed by atoms with van der Waals surface area (Å²) in [5.74, 6) is -0.446. The van der Waals surface area contributed by atoms with Gasteiger partial charge >= 0.3 is 0 Å². The number of halogens is 1. The first-order valence-electron chi connectivity index (χ1n) is 9.80. The first-order valence-corrected chi connectivity index (χ1v) is 9.80. The van der Waals surface area contributed by atoms with Crippen LogP contribution in [0.15, 0.2) is 54.6 Å². The Kier molecular flexibility index (Phi) is 6.74. The zero-order valence-corrected chi connectivity index (χ0v) is 17.3. The normalized spacial score (nSPS) is 20.2. The van der Waals surface area contributed by atoms with Crippen molar-refractivity contribution in [3.8, 4) is 0 Å². The third-order valence-electron chi connectivity index (χ3n) is 5.57. The van der Waals surface area contributed by atoms with E-state index in [1.807, 2.05) is 36.4 Å². The lowest BCUT2D eigenvalue weighted by Gasteiger charge is -2.29. The first-order chi connectivity index (χ1) is 14.0. The number of amides is 3. The maximum atomic E-state index is 12.7. The molecule has 3 amide bonds. The summed E-state index contributed by atoms with van der Waals surface area (Å²) in [5.41, 5.74) is 8.67. The molecule has 0 unspecified atom stereocenters. The number of hydrogen-bond acceptors (Lipinski definition) is 4. The highest BCUT2D eigenvalue weighted by Crippen LogP contribution is 2.30. The van der Waals surface area contributed by atoms with Gasteiger partial charge in [0, 0.05) is 37.9 Å². The molecule has 30 heavy (non-hydrogen) atoms. The maximum absolute atomic E-state index is 12.7. The van der Waals surface area contributed by atoms with Crippen molar-refractivity contribution in [3.05, 3.63) is 60.2 Å². The van der Waals surface area contributed by atoms with Crippen LogP contribution in [-0.4, -0.2) is 48.3 Å². The van der Waals surface area contributed by atoms with Crippen molar-refractivity contribution in [2.24, 2.45) is 5.73 Å². The van der Waals surface area contributed by atoms with Crippen molar-refractivity contribution >= 4 is 41.5 Å². The average molecular weight is 429 g/mol. The highest BCUT2D eigenvalue weighted by Gasteiger charge is 2.34. The van der Waals surface area contributed by atoms with E-state index in [0.29, 0.717) is 24.5 Å².